The number of para-hydroxylation sites is 1. The average Bonchev–Trinajstić information content (AvgIpc) is 3.09. The molecule has 1 aromatic carbocycles. The molecule has 4 rings (SSSR count). The maximum Gasteiger partial charge on any atom is 0.208 e. The summed E-state index contributed by atoms with van der Waals surface area (Å²) in [7, 11) is 0. The average molecular weight is 261 g/mol. The lowest BCUT2D eigenvalue weighted by Gasteiger charge is -2.11. The van der Waals surface area contributed by atoms with Crippen LogP contribution in [0.5, 0.6) is 0 Å². The molecule has 0 amide bonds. The van der Waals surface area contributed by atoms with Crippen molar-refractivity contribution in [2.24, 2.45) is 4.99 Å². The van der Waals surface area contributed by atoms with E-state index in [1.807, 2.05) is 36.4 Å². The van der Waals surface area contributed by atoms with Crippen molar-refractivity contribution >= 4 is 22.8 Å². The molecular weight excluding hydrogens is 250 g/mol. The zero-order chi connectivity index (χ0) is 13.5. The van der Waals surface area contributed by atoms with Crippen molar-refractivity contribution in [2.45, 2.75) is 6.42 Å². The third kappa shape index (κ3) is 1.58. The molecule has 2 heterocycles. The number of hydrogen-bond donors (Lipinski definition) is 1. The van der Waals surface area contributed by atoms with E-state index in [1.54, 1.807) is 12.4 Å². The Morgan fingerprint density at radius 1 is 1.15 bits per heavy atom. The molecule has 2 aliphatic rings. The summed E-state index contributed by atoms with van der Waals surface area (Å²) in [5.74, 6) is 0.785. The molecule has 2 aromatic rings. The van der Waals surface area contributed by atoms with Gasteiger partial charge in [0.1, 0.15) is 11.5 Å². The van der Waals surface area contributed by atoms with Crippen molar-refractivity contribution in [1.29, 1.82) is 0 Å². The molecule has 4 nitrogen and oxygen atoms in total. The topological polar surface area (TPSA) is 58.1 Å². The lowest BCUT2D eigenvalue weighted by molar-refractivity contribution is -0.109. The van der Waals surface area contributed by atoms with Gasteiger partial charge < -0.3 is 4.98 Å². The van der Waals surface area contributed by atoms with E-state index in [1.165, 1.54) is 0 Å². The number of aromatic nitrogens is 2. The SMILES string of the molecule is O=C1C(Cc2ncc[nH]2)=CC=C2C1=Nc1ccccc12. The van der Waals surface area contributed by atoms with Crippen molar-refractivity contribution in [3.8, 4) is 0 Å². The van der Waals surface area contributed by atoms with Crippen molar-refractivity contribution in [3.63, 3.8) is 0 Å². The second kappa shape index (κ2) is 4.13. The molecular formula is C16H11N3O. The van der Waals surface area contributed by atoms with Gasteiger partial charge in [-0.15, -0.1) is 0 Å². The first kappa shape index (κ1) is 11.1. The standard InChI is InChI=1S/C16H11N3O/c20-16-10(9-14-17-7-8-18-14)5-6-12-11-3-1-2-4-13(11)19-15(12)16/h1-8H,9H2,(H,17,18). The van der Waals surface area contributed by atoms with Crippen LogP contribution in [0.25, 0.3) is 5.57 Å². The summed E-state index contributed by atoms with van der Waals surface area (Å²) in [6, 6.07) is 7.82. The van der Waals surface area contributed by atoms with Gasteiger partial charge in [0.25, 0.3) is 0 Å². The fourth-order valence-corrected chi connectivity index (χ4v) is 2.57. The van der Waals surface area contributed by atoms with E-state index < -0.39 is 0 Å². The Labute approximate surface area is 115 Å². The molecule has 4 heteroatoms. The van der Waals surface area contributed by atoms with Crippen molar-refractivity contribution < 1.29 is 4.79 Å². The predicted octanol–water partition coefficient (Wildman–Crippen LogP) is 2.63. The van der Waals surface area contributed by atoms with Crippen LogP contribution in [0.2, 0.25) is 0 Å². The number of Topliss-reactive ketones (excluding diaryl/α,β-unsaturated/α-hetero) is 1. The zero-order valence-corrected chi connectivity index (χ0v) is 10.6. The summed E-state index contributed by atoms with van der Waals surface area (Å²) < 4.78 is 0. The highest BCUT2D eigenvalue weighted by Crippen LogP contribution is 2.37. The molecule has 1 N–H and O–H groups in total. The minimum atomic E-state index is -0.00454. The Bertz CT molecular complexity index is 795. The molecule has 0 unspecified atom stereocenters. The van der Waals surface area contributed by atoms with Gasteiger partial charge >= 0.3 is 0 Å². The normalized spacial score (nSPS) is 16.2. The number of ketones is 1. The number of allylic oxidation sites excluding steroid dienone is 4. The number of hydrogen-bond acceptors (Lipinski definition) is 3. The molecule has 96 valence electrons. The highest BCUT2D eigenvalue weighted by atomic mass is 16.1. The van der Waals surface area contributed by atoms with Gasteiger partial charge in [-0.1, -0.05) is 30.4 Å². The van der Waals surface area contributed by atoms with Crippen molar-refractivity contribution in [3.05, 3.63) is 65.8 Å². The number of aromatic amines is 1. The van der Waals surface area contributed by atoms with Gasteiger partial charge in [0.15, 0.2) is 0 Å². The second-order valence-electron chi connectivity index (χ2n) is 4.79. The number of fused-ring (bicyclic) bond motifs is 3. The number of rotatable bonds is 2. The summed E-state index contributed by atoms with van der Waals surface area (Å²) >= 11 is 0. The van der Waals surface area contributed by atoms with Crippen LogP contribution in [0.3, 0.4) is 0 Å². The summed E-state index contributed by atoms with van der Waals surface area (Å²) in [6.45, 7) is 0. The van der Waals surface area contributed by atoms with E-state index in [0.717, 1.165) is 28.2 Å². The van der Waals surface area contributed by atoms with Gasteiger partial charge in [0.05, 0.1) is 5.69 Å². The van der Waals surface area contributed by atoms with E-state index in [0.29, 0.717) is 12.1 Å². The number of H-pyrrole nitrogens is 1. The lowest BCUT2D eigenvalue weighted by atomic mass is 9.90. The Hall–Kier alpha value is -2.75. The molecule has 1 aliphatic heterocycles. The number of carbonyl (C=O) groups is 1. The number of nitrogens with zero attached hydrogens (tertiary/aromatic N) is 2. The number of benzene rings is 1. The Kier molecular flexibility index (Phi) is 2.29. The largest absolute Gasteiger partial charge is 0.348 e. The van der Waals surface area contributed by atoms with E-state index >= 15 is 0 Å². The van der Waals surface area contributed by atoms with Crippen LogP contribution in [-0.2, 0) is 11.2 Å². The van der Waals surface area contributed by atoms with Crippen molar-refractivity contribution in [2.75, 3.05) is 0 Å². The molecule has 0 spiro atoms. The molecule has 0 saturated heterocycles. The van der Waals surface area contributed by atoms with Gasteiger partial charge in [0.2, 0.25) is 5.78 Å². The van der Waals surface area contributed by atoms with Gasteiger partial charge in [0, 0.05) is 35.5 Å². The molecule has 1 aliphatic carbocycles. The predicted molar refractivity (Wildman–Crippen MR) is 76.9 cm³/mol. The fraction of sp³-hybridized carbons (Fsp3) is 0.0625. The highest BCUT2D eigenvalue weighted by molar-refractivity contribution is 6.63. The first-order valence-corrected chi connectivity index (χ1v) is 6.45. The third-order valence-electron chi connectivity index (χ3n) is 3.55. The maximum atomic E-state index is 12.5. The molecule has 0 bridgehead atoms. The number of aliphatic imine (C=N–C) groups is 1. The molecule has 1 aromatic heterocycles. The summed E-state index contributed by atoms with van der Waals surface area (Å²) in [4.78, 5) is 24.2. The van der Waals surface area contributed by atoms with Crippen LogP contribution in [0.1, 0.15) is 11.4 Å². The number of imidazole rings is 1. The quantitative estimate of drug-likeness (QED) is 0.845. The fourth-order valence-electron chi connectivity index (χ4n) is 2.57. The first-order valence-electron chi connectivity index (χ1n) is 6.45. The van der Waals surface area contributed by atoms with E-state index in [2.05, 4.69) is 15.0 Å². The summed E-state index contributed by atoms with van der Waals surface area (Å²) in [5.41, 5.74) is 4.10. The molecule has 0 radical (unpaired) electrons. The van der Waals surface area contributed by atoms with Crippen LogP contribution in [0, 0.1) is 0 Å². The van der Waals surface area contributed by atoms with Crippen LogP contribution >= 0.6 is 0 Å². The zero-order valence-electron chi connectivity index (χ0n) is 10.6. The maximum absolute atomic E-state index is 12.5. The van der Waals surface area contributed by atoms with Gasteiger partial charge in [-0.3, -0.25) is 4.79 Å². The van der Waals surface area contributed by atoms with E-state index in [-0.39, 0.29) is 5.78 Å². The molecule has 0 atom stereocenters. The van der Waals surface area contributed by atoms with Crippen LogP contribution in [0.4, 0.5) is 5.69 Å². The smallest absolute Gasteiger partial charge is 0.208 e. The van der Waals surface area contributed by atoms with Crippen molar-refractivity contribution in [1.82, 2.24) is 9.97 Å². The molecule has 0 fully saturated rings. The van der Waals surface area contributed by atoms with E-state index in [9.17, 15) is 4.79 Å². The van der Waals surface area contributed by atoms with Crippen LogP contribution < -0.4 is 0 Å². The second-order valence-corrected chi connectivity index (χ2v) is 4.79. The van der Waals surface area contributed by atoms with Crippen LogP contribution in [-0.4, -0.2) is 21.5 Å². The summed E-state index contributed by atoms with van der Waals surface area (Å²) in [6.07, 6.45) is 7.80. The number of nitrogens with one attached hydrogen (secondary N) is 1. The Morgan fingerprint density at radius 3 is 2.90 bits per heavy atom. The Balaban J connectivity index is 1.74. The van der Waals surface area contributed by atoms with Gasteiger partial charge in [-0.2, -0.15) is 0 Å². The first-order chi connectivity index (χ1) is 9.83. The molecule has 20 heavy (non-hydrogen) atoms. The number of carbonyl (C=O) groups excluding carboxylic acids is 1. The minimum Gasteiger partial charge on any atom is -0.348 e. The van der Waals surface area contributed by atoms with Gasteiger partial charge in [-0.05, 0) is 6.07 Å². The lowest BCUT2D eigenvalue weighted by Crippen LogP contribution is -2.20. The monoisotopic (exact) mass is 261 g/mol. The van der Waals surface area contributed by atoms with Crippen LogP contribution in [0.15, 0.2) is 59.4 Å². The Morgan fingerprint density at radius 2 is 2.05 bits per heavy atom. The third-order valence-corrected chi connectivity index (χ3v) is 3.55. The molecule has 0 saturated carbocycles. The highest BCUT2D eigenvalue weighted by Gasteiger charge is 2.30. The van der Waals surface area contributed by atoms with Gasteiger partial charge in [-0.25, -0.2) is 9.98 Å². The van der Waals surface area contributed by atoms with E-state index in [4.69, 9.17) is 0 Å². The summed E-state index contributed by atoms with van der Waals surface area (Å²) in [5, 5.41) is 0. The minimum absolute atomic E-state index is 0.00454.